The molecule has 24 heavy (non-hydrogen) atoms. The van der Waals surface area contributed by atoms with Crippen molar-refractivity contribution in [1.82, 2.24) is 9.47 Å². The maximum absolute atomic E-state index is 12.8. The van der Waals surface area contributed by atoms with Crippen molar-refractivity contribution in [3.8, 4) is 5.75 Å². The zero-order chi connectivity index (χ0) is 16.9. The molecule has 128 valence electrons. The topological polar surface area (TPSA) is 34.5 Å². The van der Waals surface area contributed by atoms with Gasteiger partial charge in [-0.2, -0.15) is 0 Å². The number of carbonyl (C=O) groups excluding carboxylic acids is 1. The van der Waals surface area contributed by atoms with Crippen molar-refractivity contribution in [3.05, 3.63) is 52.8 Å². The lowest BCUT2D eigenvalue weighted by Crippen LogP contribution is -2.38. The normalized spacial score (nSPS) is 18.2. The third-order valence-electron chi connectivity index (χ3n) is 4.57. The number of nitrogens with zero attached hydrogens (tertiary/aromatic N) is 2. The molecule has 2 heterocycles. The van der Waals surface area contributed by atoms with Gasteiger partial charge in [-0.15, -0.1) is 0 Å². The van der Waals surface area contributed by atoms with Crippen LogP contribution in [0, 0.1) is 0 Å². The summed E-state index contributed by atoms with van der Waals surface area (Å²) in [7, 11) is 2.04. The Kier molecular flexibility index (Phi) is 5.61. The van der Waals surface area contributed by atoms with E-state index in [-0.39, 0.29) is 18.6 Å². The minimum atomic E-state index is 0.0611. The maximum atomic E-state index is 12.8. The van der Waals surface area contributed by atoms with Gasteiger partial charge in [0.25, 0.3) is 5.91 Å². The number of aryl methyl sites for hydroxylation is 1. The fraction of sp³-hybridized carbons (Fsp3) is 0.421. The lowest BCUT2D eigenvalue weighted by Gasteiger charge is -2.30. The number of hydrogen-bond donors (Lipinski definition) is 0. The number of rotatable bonds is 4. The van der Waals surface area contributed by atoms with E-state index < -0.39 is 0 Å². The van der Waals surface area contributed by atoms with E-state index in [0.717, 1.165) is 36.0 Å². The average Bonchev–Trinajstić information content (AvgIpc) is 2.86. The molecule has 0 bridgehead atoms. The molecule has 0 spiro atoms. The fourth-order valence-corrected chi connectivity index (χ4v) is 3.56. The Balaban J connectivity index is 1.70. The smallest absolute Gasteiger partial charge is 0.261 e. The molecule has 1 saturated heterocycles. The molecule has 5 heteroatoms. The highest BCUT2D eigenvalue weighted by atomic mass is 79.9. The van der Waals surface area contributed by atoms with Crippen LogP contribution in [0.2, 0.25) is 0 Å². The van der Waals surface area contributed by atoms with Crippen molar-refractivity contribution in [2.24, 2.45) is 7.05 Å². The second kappa shape index (κ2) is 7.88. The number of ether oxygens (including phenoxy) is 1. The number of likely N-dealkylation sites (tertiary alicyclic amines) is 1. The largest absolute Gasteiger partial charge is 0.484 e. The van der Waals surface area contributed by atoms with Crippen LogP contribution in [0.25, 0.3) is 0 Å². The quantitative estimate of drug-likeness (QED) is 0.779. The fourth-order valence-electron chi connectivity index (χ4n) is 3.29. The Morgan fingerprint density at radius 2 is 2.00 bits per heavy atom. The number of carbonyl (C=O) groups is 1. The summed E-state index contributed by atoms with van der Waals surface area (Å²) in [6, 6.07) is 11.9. The first-order valence-corrected chi connectivity index (χ1v) is 9.23. The van der Waals surface area contributed by atoms with Crippen LogP contribution in [0.1, 0.15) is 37.4 Å². The Hall–Kier alpha value is -1.75. The van der Waals surface area contributed by atoms with Gasteiger partial charge in [-0.1, -0.05) is 28.8 Å². The summed E-state index contributed by atoms with van der Waals surface area (Å²) in [5, 5.41) is 0. The highest BCUT2D eigenvalue weighted by molar-refractivity contribution is 9.10. The second-order valence-electron chi connectivity index (χ2n) is 6.24. The Labute approximate surface area is 151 Å². The molecule has 0 unspecified atom stereocenters. The molecule has 1 amide bonds. The molecule has 0 aliphatic carbocycles. The van der Waals surface area contributed by atoms with Crippen LogP contribution in [0.4, 0.5) is 0 Å². The molecule has 1 atom stereocenters. The van der Waals surface area contributed by atoms with E-state index >= 15 is 0 Å². The molecule has 0 radical (unpaired) electrons. The first-order chi connectivity index (χ1) is 11.6. The summed E-state index contributed by atoms with van der Waals surface area (Å²) in [4.78, 5) is 14.8. The van der Waals surface area contributed by atoms with Crippen LogP contribution in [0.3, 0.4) is 0 Å². The molecule has 1 aromatic carbocycles. The lowest BCUT2D eigenvalue weighted by molar-refractivity contribution is -0.136. The van der Waals surface area contributed by atoms with Crippen molar-refractivity contribution >= 4 is 21.8 Å². The van der Waals surface area contributed by atoms with Crippen LogP contribution in [-0.4, -0.2) is 28.5 Å². The third kappa shape index (κ3) is 4.01. The summed E-state index contributed by atoms with van der Waals surface area (Å²) in [6.45, 7) is 0.890. The molecule has 1 aliphatic heterocycles. The molecule has 0 N–H and O–H groups in total. The summed E-state index contributed by atoms with van der Waals surface area (Å²) in [5.74, 6) is 0.780. The van der Waals surface area contributed by atoms with Gasteiger partial charge in [0.05, 0.1) is 6.04 Å². The van der Waals surface area contributed by atoms with Gasteiger partial charge in [-0.25, -0.2) is 0 Å². The van der Waals surface area contributed by atoms with E-state index in [2.05, 4.69) is 26.6 Å². The zero-order valence-electron chi connectivity index (χ0n) is 14.0. The van der Waals surface area contributed by atoms with Crippen molar-refractivity contribution in [2.75, 3.05) is 13.2 Å². The standard InChI is InChI=1S/C19H23BrN2O2/c1-21-12-5-7-17(21)18-6-3-2-4-13-22(18)19(23)14-24-16-10-8-15(20)9-11-16/h5,7-12,18H,2-4,6,13-14H2,1H3/t18-/m0/s1. The molecular formula is C19H23BrN2O2. The Morgan fingerprint density at radius 1 is 1.21 bits per heavy atom. The predicted molar refractivity (Wildman–Crippen MR) is 98.0 cm³/mol. The van der Waals surface area contributed by atoms with E-state index in [1.807, 2.05) is 48.5 Å². The number of benzene rings is 1. The monoisotopic (exact) mass is 390 g/mol. The molecule has 1 fully saturated rings. The second-order valence-corrected chi connectivity index (χ2v) is 7.15. The van der Waals surface area contributed by atoms with Crippen LogP contribution >= 0.6 is 15.9 Å². The predicted octanol–water partition coefficient (Wildman–Crippen LogP) is 4.31. The third-order valence-corrected chi connectivity index (χ3v) is 5.10. The van der Waals surface area contributed by atoms with E-state index in [4.69, 9.17) is 4.74 Å². The molecule has 4 nitrogen and oxygen atoms in total. The van der Waals surface area contributed by atoms with Gasteiger partial charge in [-0.3, -0.25) is 4.79 Å². The minimum absolute atomic E-state index is 0.0611. The minimum Gasteiger partial charge on any atom is -0.484 e. The first-order valence-electron chi connectivity index (χ1n) is 8.44. The maximum Gasteiger partial charge on any atom is 0.261 e. The Morgan fingerprint density at radius 3 is 2.71 bits per heavy atom. The van der Waals surface area contributed by atoms with Crippen LogP contribution in [0.15, 0.2) is 47.1 Å². The van der Waals surface area contributed by atoms with E-state index in [9.17, 15) is 4.79 Å². The number of amides is 1. The lowest BCUT2D eigenvalue weighted by atomic mass is 10.1. The molecule has 3 rings (SSSR count). The average molecular weight is 391 g/mol. The van der Waals surface area contributed by atoms with Crippen molar-refractivity contribution < 1.29 is 9.53 Å². The summed E-state index contributed by atoms with van der Waals surface area (Å²) >= 11 is 3.40. The summed E-state index contributed by atoms with van der Waals surface area (Å²) < 4.78 is 8.81. The highest BCUT2D eigenvalue weighted by Gasteiger charge is 2.28. The van der Waals surface area contributed by atoms with E-state index in [0.29, 0.717) is 0 Å². The van der Waals surface area contributed by atoms with Gasteiger partial charge in [-0.05, 0) is 49.2 Å². The molecule has 1 aliphatic rings. The summed E-state index contributed by atoms with van der Waals surface area (Å²) in [5.41, 5.74) is 1.20. The van der Waals surface area contributed by atoms with E-state index in [1.165, 1.54) is 12.1 Å². The molecule has 0 saturated carbocycles. The van der Waals surface area contributed by atoms with Gasteiger partial charge in [0.1, 0.15) is 5.75 Å². The highest BCUT2D eigenvalue weighted by Crippen LogP contribution is 2.30. The zero-order valence-corrected chi connectivity index (χ0v) is 15.5. The molecule has 2 aromatic rings. The van der Waals surface area contributed by atoms with Crippen LogP contribution in [-0.2, 0) is 11.8 Å². The van der Waals surface area contributed by atoms with E-state index in [1.54, 1.807) is 0 Å². The number of hydrogen-bond acceptors (Lipinski definition) is 2. The SMILES string of the molecule is Cn1cccc1[C@@H]1CCCCCN1C(=O)COc1ccc(Br)cc1. The van der Waals surface area contributed by atoms with Crippen LogP contribution < -0.4 is 4.74 Å². The summed E-state index contributed by atoms with van der Waals surface area (Å²) in [6.07, 6.45) is 6.46. The number of halogens is 1. The van der Waals surface area contributed by atoms with Gasteiger partial charge < -0.3 is 14.2 Å². The van der Waals surface area contributed by atoms with Crippen molar-refractivity contribution in [1.29, 1.82) is 0 Å². The number of aromatic nitrogens is 1. The first kappa shape index (κ1) is 17.1. The Bertz CT molecular complexity index is 681. The van der Waals surface area contributed by atoms with Crippen molar-refractivity contribution in [2.45, 2.75) is 31.7 Å². The molecule has 1 aromatic heterocycles. The van der Waals surface area contributed by atoms with Gasteiger partial charge in [0, 0.05) is 30.0 Å². The van der Waals surface area contributed by atoms with Crippen LogP contribution in [0.5, 0.6) is 5.75 Å². The van der Waals surface area contributed by atoms with Gasteiger partial charge in [0.15, 0.2) is 6.61 Å². The van der Waals surface area contributed by atoms with Gasteiger partial charge in [0.2, 0.25) is 0 Å². The van der Waals surface area contributed by atoms with Gasteiger partial charge >= 0.3 is 0 Å². The van der Waals surface area contributed by atoms with Crippen molar-refractivity contribution in [3.63, 3.8) is 0 Å². The molecular weight excluding hydrogens is 368 g/mol.